The topological polar surface area (TPSA) is 80.6 Å². The lowest BCUT2D eigenvalue weighted by Gasteiger charge is -2.01. The zero-order valence-electron chi connectivity index (χ0n) is 9.10. The van der Waals surface area contributed by atoms with Crippen molar-refractivity contribution in [2.75, 3.05) is 0 Å². The number of Topliss-reactive ketones (excluding diaryl/α,β-unsaturated/α-hetero) is 1. The van der Waals surface area contributed by atoms with Gasteiger partial charge in [-0.05, 0) is 19.1 Å². The zero-order chi connectivity index (χ0) is 12.4. The quantitative estimate of drug-likeness (QED) is 0.817. The predicted octanol–water partition coefficient (Wildman–Crippen LogP) is 1.67. The number of rotatable bonds is 3. The van der Waals surface area contributed by atoms with Gasteiger partial charge in [-0.25, -0.2) is 4.79 Å². The van der Waals surface area contributed by atoms with Crippen molar-refractivity contribution in [2.24, 2.45) is 0 Å². The van der Waals surface area contributed by atoms with E-state index in [9.17, 15) is 14.7 Å². The Morgan fingerprint density at radius 1 is 1.47 bits per heavy atom. The summed E-state index contributed by atoms with van der Waals surface area (Å²) < 4.78 is 9.76. The monoisotopic (exact) mass is 234 g/mol. The molecule has 0 amide bonds. The molecule has 0 saturated carbocycles. The van der Waals surface area contributed by atoms with Gasteiger partial charge in [0.05, 0.1) is 12.7 Å². The Kier molecular flexibility index (Phi) is 2.82. The Morgan fingerprint density at radius 3 is 2.82 bits per heavy atom. The standard InChI is InChI=1S/C12H10O5/c1-7-5-9(13)11(12(15)17-7)10(14)6-8-3-2-4-16-8/h2-5,13H,6H2,1H3. The van der Waals surface area contributed by atoms with Gasteiger partial charge in [-0.2, -0.15) is 0 Å². The average Bonchev–Trinajstić information content (AvgIpc) is 2.68. The third kappa shape index (κ3) is 2.28. The summed E-state index contributed by atoms with van der Waals surface area (Å²) in [5.41, 5.74) is -1.17. The second kappa shape index (κ2) is 4.29. The minimum absolute atomic E-state index is 0.0889. The van der Waals surface area contributed by atoms with Crippen LogP contribution in [0, 0.1) is 6.92 Å². The van der Waals surface area contributed by atoms with E-state index in [1.165, 1.54) is 19.3 Å². The summed E-state index contributed by atoms with van der Waals surface area (Å²) in [6.07, 6.45) is 1.34. The van der Waals surface area contributed by atoms with Crippen LogP contribution in [0.4, 0.5) is 0 Å². The molecule has 2 heterocycles. The molecule has 88 valence electrons. The van der Waals surface area contributed by atoms with Crippen LogP contribution in [0.3, 0.4) is 0 Å². The summed E-state index contributed by atoms with van der Waals surface area (Å²) in [4.78, 5) is 23.2. The molecule has 5 nitrogen and oxygen atoms in total. The summed E-state index contributed by atoms with van der Waals surface area (Å²) in [6.45, 7) is 1.52. The van der Waals surface area contributed by atoms with E-state index in [1.54, 1.807) is 12.1 Å². The van der Waals surface area contributed by atoms with Gasteiger partial charge < -0.3 is 13.9 Å². The molecule has 2 aromatic heterocycles. The summed E-state index contributed by atoms with van der Waals surface area (Å²) >= 11 is 0. The van der Waals surface area contributed by atoms with E-state index >= 15 is 0 Å². The van der Waals surface area contributed by atoms with E-state index in [-0.39, 0.29) is 23.5 Å². The lowest BCUT2D eigenvalue weighted by Crippen LogP contribution is -2.16. The Balaban J connectivity index is 2.35. The zero-order valence-corrected chi connectivity index (χ0v) is 9.10. The Hall–Kier alpha value is -2.30. The van der Waals surface area contributed by atoms with Gasteiger partial charge in [0.2, 0.25) is 0 Å². The number of furan rings is 1. The van der Waals surface area contributed by atoms with Gasteiger partial charge in [-0.15, -0.1) is 0 Å². The minimum atomic E-state index is -0.834. The second-order valence-corrected chi connectivity index (χ2v) is 3.58. The lowest BCUT2D eigenvalue weighted by atomic mass is 10.1. The van der Waals surface area contributed by atoms with Gasteiger partial charge in [0.25, 0.3) is 0 Å². The van der Waals surface area contributed by atoms with Crippen molar-refractivity contribution < 1.29 is 18.7 Å². The Morgan fingerprint density at radius 2 is 2.24 bits per heavy atom. The highest BCUT2D eigenvalue weighted by molar-refractivity contribution is 5.99. The van der Waals surface area contributed by atoms with E-state index < -0.39 is 11.4 Å². The molecule has 0 aliphatic rings. The summed E-state index contributed by atoms with van der Waals surface area (Å²) in [5, 5.41) is 9.56. The molecule has 0 aromatic carbocycles. The van der Waals surface area contributed by atoms with E-state index in [0.717, 1.165) is 0 Å². The van der Waals surface area contributed by atoms with E-state index in [0.29, 0.717) is 5.76 Å². The molecular formula is C12H10O5. The van der Waals surface area contributed by atoms with Gasteiger partial charge in [0.15, 0.2) is 5.78 Å². The van der Waals surface area contributed by atoms with Crippen molar-refractivity contribution in [3.63, 3.8) is 0 Å². The molecule has 0 unspecified atom stereocenters. The van der Waals surface area contributed by atoms with Crippen molar-refractivity contribution in [1.82, 2.24) is 0 Å². The maximum absolute atomic E-state index is 11.8. The van der Waals surface area contributed by atoms with Gasteiger partial charge in [0.1, 0.15) is 22.8 Å². The first-order valence-corrected chi connectivity index (χ1v) is 4.97. The van der Waals surface area contributed by atoms with E-state index in [1.807, 2.05) is 0 Å². The minimum Gasteiger partial charge on any atom is -0.507 e. The van der Waals surface area contributed by atoms with Crippen LogP contribution >= 0.6 is 0 Å². The van der Waals surface area contributed by atoms with Crippen molar-refractivity contribution in [3.05, 3.63) is 52.0 Å². The Bertz CT molecular complexity index is 592. The van der Waals surface area contributed by atoms with E-state index in [2.05, 4.69) is 0 Å². The molecule has 0 aliphatic heterocycles. The third-order valence-electron chi connectivity index (χ3n) is 2.25. The van der Waals surface area contributed by atoms with Crippen LogP contribution in [0.15, 0.2) is 38.1 Å². The number of carbonyl (C=O) groups excluding carboxylic acids is 1. The van der Waals surface area contributed by atoms with Crippen LogP contribution in [0.25, 0.3) is 0 Å². The predicted molar refractivity (Wildman–Crippen MR) is 58.1 cm³/mol. The summed E-state index contributed by atoms with van der Waals surface area (Å²) in [6, 6.07) is 4.49. The first kappa shape index (κ1) is 11.2. The molecule has 17 heavy (non-hydrogen) atoms. The average molecular weight is 234 g/mol. The normalized spacial score (nSPS) is 10.4. The molecular weight excluding hydrogens is 224 g/mol. The fourth-order valence-electron chi connectivity index (χ4n) is 1.51. The van der Waals surface area contributed by atoms with Gasteiger partial charge in [-0.3, -0.25) is 4.79 Å². The first-order valence-electron chi connectivity index (χ1n) is 4.97. The molecule has 0 atom stereocenters. The van der Waals surface area contributed by atoms with Crippen molar-refractivity contribution in [3.8, 4) is 5.75 Å². The van der Waals surface area contributed by atoms with Crippen LogP contribution in [0.2, 0.25) is 0 Å². The van der Waals surface area contributed by atoms with Crippen LogP contribution in [-0.4, -0.2) is 10.9 Å². The van der Waals surface area contributed by atoms with Crippen LogP contribution in [0.1, 0.15) is 21.9 Å². The molecule has 0 radical (unpaired) electrons. The SMILES string of the molecule is Cc1cc(O)c(C(=O)Cc2ccco2)c(=O)o1. The summed E-state index contributed by atoms with van der Waals surface area (Å²) in [7, 11) is 0. The van der Waals surface area contributed by atoms with Crippen LogP contribution < -0.4 is 5.63 Å². The Labute approximate surface area is 96.3 Å². The number of hydrogen-bond donors (Lipinski definition) is 1. The molecule has 0 fully saturated rings. The molecule has 2 aromatic rings. The number of aryl methyl sites for hydroxylation is 1. The maximum Gasteiger partial charge on any atom is 0.350 e. The van der Waals surface area contributed by atoms with Gasteiger partial charge in [-0.1, -0.05) is 0 Å². The molecule has 1 N–H and O–H groups in total. The van der Waals surface area contributed by atoms with Crippen LogP contribution in [-0.2, 0) is 6.42 Å². The van der Waals surface area contributed by atoms with E-state index in [4.69, 9.17) is 8.83 Å². The highest BCUT2D eigenvalue weighted by atomic mass is 16.4. The summed E-state index contributed by atoms with van der Waals surface area (Å²) in [5.74, 6) is -0.224. The molecule has 5 heteroatoms. The van der Waals surface area contributed by atoms with Crippen molar-refractivity contribution in [2.45, 2.75) is 13.3 Å². The van der Waals surface area contributed by atoms with Gasteiger partial charge in [0, 0.05) is 6.07 Å². The smallest absolute Gasteiger partial charge is 0.350 e. The lowest BCUT2D eigenvalue weighted by molar-refractivity contribution is 0.0980. The van der Waals surface area contributed by atoms with Crippen molar-refractivity contribution >= 4 is 5.78 Å². The molecule has 0 bridgehead atoms. The molecule has 0 saturated heterocycles. The molecule has 0 spiro atoms. The number of ketones is 1. The second-order valence-electron chi connectivity index (χ2n) is 3.58. The van der Waals surface area contributed by atoms with Crippen molar-refractivity contribution in [1.29, 1.82) is 0 Å². The first-order chi connectivity index (χ1) is 8.08. The maximum atomic E-state index is 11.8. The number of aromatic hydroxyl groups is 1. The largest absolute Gasteiger partial charge is 0.507 e. The number of carbonyl (C=O) groups is 1. The highest BCUT2D eigenvalue weighted by Crippen LogP contribution is 2.16. The fraction of sp³-hybridized carbons (Fsp3) is 0.167. The van der Waals surface area contributed by atoms with Crippen LogP contribution in [0.5, 0.6) is 5.75 Å². The third-order valence-corrected chi connectivity index (χ3v) is 2.25. The van der Waals surface area contributed by atoms with Gasteiger partial charge >= 0.3 is 5.63 Å². The fourth-order valence-corrected chi connectivity index (χ4v) is 1.51. The molecule has 0 aliphatic carbocycles. The highest BCUT2D eigenvalue weighted by Gasteiger charge is 2.19. The molecule has 2 rings (SSSR count). The number of hydrogen-bond acceptors (Lipinski definition) is 5.